The zero-order valence-corrected chi connectivity index (χ0v) is 15.1. The zero-order valence-electron chi connectivity index (χ0n) is 15.1. The molecule has 0 aliphatic carbocycles. The number of nitrogens with zero attached hydrogens (tertiary/aromatic N) is 1. The van der Waals surface area contributed by atoms with E-state index in [9.17, 15) is 9.59 Å². The molecule has 0 unspecified atom stereocenters. The molecule has 1 aromatic carbocycles. The van der Waals surface area contributed by atoms with Crippen LogP contribution in [0.25, 0.3) is 0 Å². The van der Waals surface area contributed by atoms with Gasteiger partial charge in [0.25, 0.3) is 0 Å². The molecule has 0 heterocycles. The van der Waals surface area contributed by atoms with E-state index in [1.54, 1.807) is 24.3 Å². The SMILES string of the molecule is CCCCOC(=O)c1ccc(NC(=O)CCCN(CC)CC)cc1. The summed E-state index contributed by atoms with van der Waals surface area (Å²) < 4.78 is 5.16. The molecule has 5 nitrogen and oxygen atoms in total. The highest BCUT2D eigenvalue weighted by Crippen LogP contribution is 2.11. The molecule has 0 aromatic heterocycles. The molecule has 134 valence electrons. The molecule has 1 N–H and O–H groups in total. The molecule has 0 bridgehead atoms. The van der Waals surface area contributed by atoms with Gasteiger partial charge in [-0.2, -0.15) is 0 Å². The van der Waals surface area contributed by atoms with Crippen LogP contribution in [-0.2, 0) is 9.53 Å². The second-order valence-corrected chi connectivity index (χ2v) is 5.75. The molecule has 1 aromatic rings. The summed E-state index contributed by atoms with van der Waals surface area (Å²) in [5, 5.41) is 2.86. The minimum Gasteiger partial charge on any atom is -0.462 e. The van der Waals surface area contributed by atoms with E-state index in [1.165, 1.54) is 0 Å². The molecule has 0 aliphatic rings. The molecular weight excluding hydrogens is 304 g/mol. The molecule has 0 radical (unpaired) electrons. The molecule has 0 spiro atoms. The van der Waals surface area contributed by atoms with Crippen molar-refractivity contribution in [1.82, 2.24) is 4.90 Å². The van der Waals surface area contributed by atoms with Crippen molar-refractivity contribution in [3.8, 4) is 0 Å². The predicted octanol–water partition coefficient (Wildman–Crippen LogP) is 3.70. The normalized spacial score (nSPS) is 10.7. The van der Waals surface area contributed by atoms with Gasteiger partial charge in [-0.25, -0.2) is 4.79 Å². The number of ether oxygens (including phenoxy) is 1. The standard InChI is InChI=1S/C19H30N2O3/c1-4-7-15-24-19(23)16-10-12-17(13-11-16)20-18(22)9-8-14-21(5-2)6-3/h10-13H,4-9,14-15H2,1-3H3,(H,20,22). The predicted molar refractivity (Wildman–Crippen MR) is 97.3 cm³/mol. The molecule has 0 atom stereocenters. The number of anilines is 1. The van der Waals surface area contributed by atoms with E-state index in [2.05, 4.69) is 24.1 Å². The average Bonchev–Trinajstić information content (AvgIpc) is 2.59. The fourth-order valence-electron chi connectivity index (χ4n) is 2.31. The number of amides is 1. The number of carbonyl (C=O) groups excluding carboxylic acids is 2. The van der Waals surface area contributed by atoms with Crippen molar-refractivity contribution in [3.05, 3.63) is 29.8 Å². The summed E-state index contributed by atoms with van der Waals surface area (Å²) in [5.74, 6) is -0.319. The number of esters is 1. The van der Waals surface area contributed by atoms with Crippen LogP contribution in [0.2, 0.25) is 0 Å². The summed E-state index contributed by atoms with van der Waals surface area (Å²) >= 11 is 0. The van der Waals surface area contributed by atoms with Crippen molar-refractivity contribution in [2.24, 2.45) is 0 Å². The van der Waals surface area contributed by atoms with E-state index in [0.29, 0.717) is 24.3 Å². The van der Waals surface area contributed by atoms with Crippen molar-refractivity contribution in [3.63, 3.8) is 0 Å². The van der Waals surface area contributed by atoms with Gasteiger partial charge in [0.05, 0.1) is 12.2 Å². The van der Waals surface area contributed by atoms with Gasteiger partial charge in [0.15, 0.2) is 0 Å². The van der Waals surface area contributed by atoms with Crippen LogP contribution in [0.3, 0.4) is 0 Å². The Hall–Kier alpha value is -1.88. The largest absolute Gasteiger partial charge is 0.462 e. The van der Waals surface area contributed by atoms with Crippen LogP contribution in [0.15, 0.2) is 24.3 Å². The van der Waals surface area contributed by atoms with Crippen LogP contribution >= 0.6 is 0 Å². The summed E-state index contributed by atoms with van der Waals surface area (Å²) in [5.41, 5.74) is 1.21. The van der Waals surface area contributed by atoms with E-state index in [-0.39, 0.29) is 11.9 Å². The zero-order chi connectivity index (χ0) is 17.8. The second-order valence-electron chi connectivity index (χ2n) is 5.75. The third kappa shape index (κ3) is 7.59. The molecule has 0 saturated heterocycles. The van der Waals surface area contributed by atoms with Crippen LogP contribution in [-0.4, -0.2) is 43.0 Å². The van der Waals surface area contributed by atoms with Crippen molar-refractivity contribution in [1.29, 1.82) is 0 Å². The first-order valence-electron chi connectivity index (χ1n) is 8.90. The molecule has 0 saturated carbocycles. The van der Waals surface area contributed by atoms with E-state index < -0.39 is 0 Å². The Morgan fingerprint density at radius 2 is 1.71 bits per heavy atom. The summed E-state index contributed by atoms with van der Waals surface area (Å²) in [6, 6.07) is 6.83. The van der Waals surface area contributed by atoms with Gasteiger partial charge in [0, 0.05) is 12.1 Å². The summed E-state index contributed by atoms with van der Waals surface area (Å²) in [6.45, 7) is 9.69. The molecule has 0 aliphatic heterocycles. The van der Waals surface area contributed by atoms with Gasteiger partial charge in [-0.15, -0.1) is 0 Å². The highest BCUT2D eigenvalue weighted by atomic mass is 16.5. The quantitative estimate of drug-likeness (QED) is 0.495. The van der Waals surface area contributed by atoms with Crippen LogP contribution in [0.4, 0.5) is 5.69 Å². The molecular formula is C19H30N2O3. The maximum Gasteiger partial charge on any atom is 0.338 e. The van der Waals surface area contributed by atoms with Gasteiger partial charge < -0.3 is 15.0 Å². The lowest BCUT2D eigenvalue weighted by molar-refractivity contribution is -0.116. The minimum atomic E-state index is -0.319. The lowest BCUT2D eigenvalue weighted by atomic mass is 10.2. The smallest absolute Gasteiger partial charge is 0.338 e. The maximum atomic E-state index is 11.9. The van der Waals surface area contributed by atoms with Gasteiger partial charge in [-0.3, -0.25) is 4.79 Å². The Morgan fingerprint density at radius 3 is 2.29 bits per heavy atom. The number of nitrogens with one attached hydrogen (secondary N) is 1. The van der Waals surface area contributed by atoms with Crippen molar-refractivity contribution < 1.29 is 14.3 Å². The van der Waals surface area contributed by atoms with Crippen molar-refractivity contribution in [2.75, 3.05) is 31.6 Å². The maximum absolute atomic E-state index is 11.9. The van der Waals surface area contributed by atoms with Crippen molar-refractivity contribution >= 4 is 17.6 Å². The number of hydrogen-bond acceptors (Lipinski definition) is 4. The minimum absolute atomic E-state index is 0.000397. The monoisotopic (exact) mass is 334 g/mol. The Balaban J connectivity index is 2.37. The van der Waals surface area contributed by atoms with Crippen LogP contribution < -0.4 is 5.32 Å². The van der Waals surface area contributed by atoms with Gasteiger partial charge in [0.2, 0.25) is 5.91 Å². The van der Waals surface area contributed by atoms with Crippen LogP contribution in [0, 0.1) is 0 Å². The first kappa shape index (κ1) is 20.2. The Bertz CT molecular complexity index is 496. The average molecular weight is 334 g/mol. The highest BCUT2D eigenvalue weighted by molar-refractivity contribution is 5.93. The van der Waals surface area contributed by atoms with Gasteiger partial charge in [0.1, 0.15) is 0 Å². The Labute approximate surface area is 145 Å². The summed E-state index contributed by atoms with van der Waals surface area (Å²) in [7, 11) is 0. The number of carbonyl (C=O) groups is 2. The number of unbranched alkanes of at least 4 members (excludes halogenated alkanes) is 1. The molecule has 24 heavy (non-hydrogen) atoms. The number of benzene rings is 1. The third-order valence-corrected chi connectivity index (χ3v) is 3.91. The van der Waals surface area contributed by atoms with Crippen LogP contribution in [0.1, 0.15) is 56.8 Å². The fraction of sp³-hybridized carbons (Fsp3) is 0.579. The Morgan fingerprint density at radius 1 is 1.04 bits per heavy atom. The molecule has 5 heteroatoms. The Kier molecular flexibility index (Phi) is 9.77. The van der Waals surface area contributed by atoms with E-state index >= 15 is 0 Å². The first-order valence-corrected chi connectivity index (χ1v) is 8.90. The lowest BCUT2D eigenvalue weighted by Crippen LogP contribution is -2.25. The lowest BCUT2D eigenvalue weighted by Gasteiger charge is -2.17. The summed E-state index contributed by atoms with van der Waals surface area (Å²) in [4.78, 5) is 26.0. The number of rotatable bonds is 11. The van der Waals surface area contributed by atoms with Gasteiger partial charge in [-0.05, 0) is 56.7 Å². The van der Waals surface area contributed by atoms with E-state index in [0.717, 1.165) is 38.9 Å². The third-order valence-electron chi connectivity index (χ3n) is 3.91. The topological polar surface area (TPSA) is 58.6 Å². The number of hydrogen-bond donors (Lipinski definition) is 1. The fourth-order valence-corrected chi connectivity index (χ4v) is 2.31. The summed E-state index contributed by atoms with van der Waals surface area (Å²) in [6.07, 6.45) is 3.20. The van der Waals surface area contributed by atoms with E-state index in [1.807, 2.05) is 6.92 Å². The highest BCUT2D eigenvalue weighted by Gasteiger charge is 2.08. The second kappa shape index (κ2) is 11.6. The molecule has 1 amide bonds. The molecule has 1 rings (SSSR count). The van der Waals surface area contributed by atoms with Gasteiger partial charge in [-0.1, -0.05) is 27.2 Å². The van der Waals surface area contributed by atoms with Crippen LogP contribution in [0.5, 0.6) is 0 Å². The first-order chi connectivity index (χ1) is 11.6. The van der Waals surface area contributed by atoms with Gasteiger partial charge >= 0.3 is 5.97 Å². The van der Waals surface area contributed by atoms with Crippen molar-refractivity contribution in [2.45, 2.75) is 46.5 Å². The molecule has 0 fully saturated rings. The van der Waals surface area contributed by atoms with E-state index in [4.69, 9.17) is 4.74 Å².